The van der Waals surface area contributed by atoms with Crippen LogP contribution in [0.1, 0.15) is 20.7 Å². The fourth-order valence-electron chi connectivity index (χ4n) is 3.16. The van der Waals surface area contributed by atoms with Crippen LogP contribution < -0.4 is 24.8 Å². The number of nitrogens with one attached hydrogen (secondary N) is 2. The number of carbonyl (C=O) groups is 2. The number of para-hydroxylation sites is 1. The van der Waals surface area contributed by atoms with Crippen molar-refractivity contribution in [1.29, 1.82) is 0 Å². The maximum atomic E-state index is 13.4. The largest absolute Gasteiger partial charge is 0.495 e. The van der Waals surface area contributed by atoms with Gasteiger partial charge in [-0.2, -0.15) is 0 Å². The summed E-state index contributed by atoms with van der Waals surface area (Å²) in [6.45, 7) is 0.779. The first-order valence-corrected chi connectivity index (χ1v) is 9.50. The number of ether oxygens (including phenoxy) is 3. The van der Waals surface area contributed by atoms with Crippen molar-refractivity contribution >= 4 is 23.2 Å². The zero-order chi connectivity index (χ0) is 21.8. The number of carbonyl (C=O) groups excluding carboxylic acids is 2. The minimum atomic E-state index is -0.516. The van der Waals surface area contributed by atoms with E-state index in [2.05, 4.69) is 10.6 Å². The van der Waals surface area contributed by atoms with Crippen LogP contribution in [0.5, 0.6) is 17.2 Å². The summed E-state index contributed by atoms with van der Waals surface area (Å²) < 4.78 is 29.8. The third-order valence-electron chi connectivity index (χ3n) is 4.60. The average Bonchev–Trinajstić information content (AvgIpc) is 2.79. The molecule has 1 aliphatic rings. The Balaban J connectivity index is 1.56. The lowest BCUT2D eigenvalue weighted by atomic mass is 10.1. The number of hydrogen-bond donors (Lipinski definition) is 2. The number of halogens is 1. The van der Waals surface area contributed by atoms with Gasteiger partial charge in [0.25, 0.3) is 11.8 Å². The Labute approximate surface area is 177 Å². The molecular formula is C23H19FN2O5. The quantitative estimate of drug-likeness (QED) is 0.646. The van der Waals surface area contributed by atoms with Crippen LogP contribution in [0.4, 0.5) is 15.8 Å². The molecule has 3 aromatic carbocycles. The summed E-state index contributed by atoms with van der Waals surface area (Å²) in [5.74, 6) is -0.135. The van der Waals surface area contributed by atoms with Gasteiger partial charge >= 0.3 is 0 Å². The van der Waals surface area contributed by atoms with Crippen molar-refractivity contribution in [1.82, 2.24) is 0 Å². The molecule has 4 rings (SSSR count). The van der Waals surface area contributed by atoms with Gasteiger partial charge in [-0.05, 0) is 48.5 Å². The molecule has 2 amide bonds. The van der Waals surface area contributed by atoms with Crippen LogP contribution in [0.15, 0.2) is 60.7 Å². The molecule has 0 fully saturated rings. The first kappa shape index (κ1) is 20.2. The van der Waals surface area contributed by atoms with Crippen LogP contribution in [0, 0.1) is 5.82 Å². The topological polar surface area (TPSA) is 85.9 Å². The number of methoxy groups -OCH3 is 1. The van der Waals surface area contributed by atoms with Gasteiger partial charge in [0, 0.05) is 11.3 Å². The predicted octanol–water partition coefficient (Wildman–Crippen LogP) is 4.11. The van der Waals surface area contributed by atoms with Crippen LogP contribution >= 0.6 is 0 Å². The Morgan fingerprint density at radius 2 is 1.74 bits per heavy atom. The lowest BCUT2D eigenvalue weighted by Gasteiger charge is -2.20. The highest BCUT2D eigenvalue weighted by Gasteiger charge is 2.21. The zero-order valence-electron chi connectivity index (χ0n) is 16.6. The maximum absolute atomic E-state index is 13.4. The molecule has 2 N–H and O–H groups in total. The highest BCUT2D eigenvalue weighted by Crippen LogP contribution is 2.34. The van der Waals surface area contributed by atoms with Gasteiger partial charge in [0.15, 0.2) is 11.5 Å². The highest BCUT2D eigenvalue weighted by molar-refractivity contribution is 6.08. The van der Waals surface area contributed by atoms with E-state index in [0.29, 0.717) is 47.4 Å². The van der Waals surface area contributed by atoms with Crippen LogP contribution in [0.2, 0.25) is 0 Å². The molecule has 0 saturated heterocycles. The van der Waals surface area contributed by atoms with E-state index < -0.39 is 17.6 Å². The molecule has 158 valence electrons. The highest BCUT2D eigenvalue weighted by atomic mass is 19.1. The maximum Gasteiger partial charge on any atom is 0.259 e. The molecule has 0 unspecified atom stereocenters. The summed E-state index contributed by atoms with van der Waals surface area (Å²) in [5, 5.41) is 5.46. The Hall–Kier alpha value is -4.07. The average molecular weight is 422 g/mol. The standard InChI is InChI=1S/C23H19FN2O5/c1-29-19-9-8-16(13-18(19)26-22(27)14-4-2-5-15(24)12-14)25-23(28)17-6-3-7-20-21(17)31-11-10-30-20/h2-9,12-13H,10-11H2,1H3,(H,25,28)(H,26,27). The monoisotopic (exact) mass is 422 g/mol. The van der Waals surface area contributed by atoms with Crippen molar-refractivity contribution in [2.45, 2.75) is 0 Å². The molecule has 1 aliphatic heterocycles. The third kappa shape index (κ3) is 4.42. The fraction of sp³-hybridized carbons (Fsp3) is 0.130. The van der Waals surface area contributed by atoms with Crippen molar-refractivity contribution in [3.63, 3.8) is 0 Å². The SMILES string of the molecule is COc1ccc(NC(=O)c2cccc3c2OCCO3)cc1NC(=O)c1cccc(F)c1. The van der Waals surface area contributed by atoms with Crippen molar-refractivity contribution in [3.05, 3.63) is 77.6 Å². The van der Waals surface area contributed by atoms with Gasteiger partial charge in [0.1, 0.15) is 24.8 Å². The minimum Gasteiger partial charge on any atom is -0.495 e. The second-order valence-electron chi connectivity index (χ2n) is 6.66. The van der Waals surface area contributed by atoms with E-state index in [0.717, 1.165) is 6.07 Å². The number of hydrogen-bond acceptors (Lipinski definition) is 5. The van der Waals surface area contributed by atoms with Crippen LogP contribution in [-0.2, 0) is 0 Å². The molecule has 0 aromatic heterocycles. The van der Waals surface area contributed by atoms with Crippen molar-refractivity contribution in [2.24, 2.45) is 0 Å². The smallest absolute Gasteiger partial charge is 0.259 e. The number of amides is 2. The van der Waals surface area contributed by atoms with Gasteiger partial charge in [-0.1, -0.05) is 12.1 Å². The van der Waals surface area contributed by atoms with Crippen molar-refractivity contribution in [2.75, 3.05) is 31.0 Å². The molecule has 0 atom stereocenters. The Morgan fingerprint density at radius 3 is 2.55 bits per heavy atom. The van der Waals surface area contributed by atoms with Gasteiger partial charge in [-0.25, -0.2) is 4.39 Å². The summed E-state index contributed by atoms with van der Waals surface area (Å²) >= 11 is 0. The van der Waals surface area contributed by atoms with Crippen LogP contribution in [-0.4, -0.2) is 32.1 Å². The first-order chi connectivity index (χ1) is 15.0. The molecule has 0 aliphatic carbocycles. The van der Waals surface area contributed by atoms with E-state index in [-0.39, 0.29) is 5.56 Å². The lowest BCUT2D eigenvalue weighted by molar-refractivity contribution is 0.101. The second kappa shape index (κ2) is 8.74. The van der Waals surface area contributed by atoms with Gasteiger partial charge in [-0.15, -0.1) is 0 Å². The molecule has 8 heteroatoms. The summed E-state index contributed by atoms with van der Waals surface area (Å²) in [6.07, 6.45) is 0. The number of fused-ring (bicyclic) bond motifs is 1. The summed E-state index contributed by atoms with van der Waals surface area (Å²) in [6, 6.07) is 15.2. The zero-order valence-corrected chi connectivity index (χ0v) is 16.6. The predicted molar refractivity (Wildman–Crippen MR) is 113 cm³/mol. The molecule has 0 spiro atoms. The van der Waals surface area contributed by atoms with E-state index >= 15 is 0 Å². The van der Waals surface area contributed by atoms with Crippen molar-refractivity contribution < 1.29 is 28.2 Å². The van der Waals surface area contributed by atoms with Gasteiger partial charge < -0.3 is 24.8 Å². The summed E-state index contributed by atoms with van der Waals surface area (Å²) in [4.78, 5) is 25.3. The van der Waals surface area contributed by atoms with E-state index in [1.165, 1.54) is 25.3 Å². The molecule has 3 aromatic rings. The Bertz CT molecular complexity index is 1150. The summed E-state index contributed by atoms with van der Waals surface area (Å²) in [7, 11) is 1.46. The minimum absolute atomic E-state index is 0.157. The Kier molecular flexibility index (Phi) is 5.70. The molecular weight excluding hydrogens is 403 g/mol. The van der Waals surface area contributed by atoms with Crippen molar-refractivity contribution in [3.8, 4) is 17.2 Å². The normalized spacial score (nSPS) is 12.1. The van der Waals surface area contributed by atoms with Crippen LogP contribution in [0.25, 0.3) is 0 Å². The van der Waals surface area contributed by atoms with E-state index in [9.17, 15) is 14.0 Å². The van der Waals surface area contributed by atoms with Crippen LogP contribution in [0.3, 0.4) is 0 Å². The molecule has 31 heavy (non-hydrogen) atoms. The van der Waals surface area contributed by atoms with Gasteiger partial charge in [-0.3, -0.25) is 9.59 Å². The fourth-order valence-corrected chi connectivity index (χ4v) is 3.16. The lowest BCUT2D eigenvalue weighted by Crippen LogP contribution is -2.20. The molecule has 0 radical (unpaired) electrons. The first-order valence-electron chi connectivity index (χ1n) is 9.50. The van der Waals surface area contributed by atoms with E-state index in [1.54, 1.807) is 36.4 Å². The molecule has 1 heterocycles. The van der Waals surface area contributed by atoms with E-state index in [1.807, 2.05) is 0 Å². The Morgan fingerprint density at radius 1 is 0.935 bits per heavy atom. The molecule has 0 bridgehead atoms. The second-order valence-corrected chi connectivity index (χ2v) is 6.66. The summed E-state index contributed by atoms with van der Waals surface area (Å²) in [5.41, 5.74) is 1.24. The van der Waals surface area contributed by atoms with E-state index in [4.69, 9.17) is 14.2 Å². The number of rotatable bonds is 5. The van der Waals surface area contributed by atoms with Gasteiger partial charge in [0.05, 0.1) is 18.4 Å². The number of anilines is 2. The number of benzene rings is 3. The molecule has 7 nitrogen and oxygen atoms in total. The van der Waals surface area contributed by atoms with Gasteiger partial charge in [0.2, 0.25) is 0 Å². The molecule has 0 saturated carbocycles. The third-order valence-corrected chi connectivity index (χ3v) is 4.60.